The van der Waals surface area contributed by atoms with Crippen molar-refractivity contribution in [2.75, 3.05) is 16.8 Å². The van der Waals surface area contributed by atoms with Crippen molar-refractivity contribution in [3.8, 4) is 0 Å². The Balaban J connectivity index is 1.52. The third-order valence-corrected chi connectivity index (χ3v) is 5.39. The highest BCUT2D eigenvalue weighted by Gasteiger charge is 2.37. The summed E-state index contributed by atoms with van der Waals surface area (Å²) < 4.78 is 0. The molecular formula is C17H17N3O2S. The Morgan fingerprint density at radius 1 is 1.35 bits per heavy atom. The van der Waals surface area contributed by atoms with Crippen molar-refractivity contribution in [1.82, 2.24) is 4.98 Å². The number of rotatable bonds is 3. The van der Waals surface area contributed by atoms with Gasteiger partial charge in [-0.3, -0.25) is 9.59 Å². The topological polar surface area (TPSA) is 62.3 Å². The molecule has 5 nitrogen and oxygen atoms in total. The van der Waals surface area contributed by atoms with Crippen LogP contribution >= 0.6 is 11.3 Å². The van der Waals surface area contributed by atoms with Crippen LogP contribution in [0.5, 0.6) is 0 Å². The van der Waals surface area contributed by atoms with Crippen molar-refractivity contribution in [1.29, 1.82) is 0 Å². The number of nitrogens with one attached hydrogen (secondary N) is 1. The highest BCUT2D eigenvalue weighted by Crippen LogP contribution is 2.40. The van der Waals surface area contributed by atoms with E-state index in [1.165, 1.54) is 11.3 Å². The highest BCUT2D eigenvalue weighted by atomic mass is 32.1. The Kier molecular flexibility index (Phi) is 3.41. The predicted octanol–water partition coefficient (Wildman–Crippen LogP) is 3.00. The Labute approximate surface area is 138 Å². The number of fused-ring (bicyclic) bond motifs is 1. The number of aromatic nitrogens is 1. The van der Waals surface area contributed by atoms with E-state index in [-0.39, 0.29) is 17.7 Å². The summed E-state index contributed by atoms with van der Waals surface area (Å²) in [5, 5.41) is 2.81. The summed E-state index contributed by atoms with van der Waals surface area (Å²) in [6, 6.07) is 5.54. The van der Waals surface area contributed by atoms with Gasteiger partial charge in [0.2, 0.25) is 5.91 Å². The summed E-state index contributed by atoms with van der Waals surface area (Å²) >= 11 is 1.47. The van der Waals surface area contributed by atoms with Crippen molar-refractivity contribution in [3.63, 3.8) is 0 Å². The van der Waals surface area contributed by atoms with Crippen LogP contribution in [0, 0.1) is 12.8 Å². The van der Waals surface area contributed by atoms with Gasteiger partial charge in [-0.25, -0.2) is 4.98 Å². The van der Waals surface area contributed by atoms with E-state index in [2.05, 4.69) is 10.3 Å². The van der Waals surface area contributed by atoms with Crippen LogP contribution in [0.25, 0.3) is 0 Å². The summed E-state index contributed by atoms with van der Waals surface area (Å²) in [4.78, 5) is 32.5. The minimum Gasteiger partial charge on any atom is -0.311 e. The molecule has 2 amide bonds. The Morgan fingerprint density at radius 2 is 2.17 bits per heavy atom. The number of hydrogen-bond acceptors (Lipinski definition) is 4. The first-order chi connectivity index (χ1) is 11.1. The average Bonchev–Trinajstić information content (AvgIpc) is 3.18. The maximum Gasteiger partial charge on any atom is 0.266 e. The lowest BCUT2D eigenvalue weighted by atomic mass is 10.3. The van der Waals surface area contributed by atoms with Crippen molar-refractivity contribution < 1.29 is 9.59 Å². The fourth-order valence-electron chi connectivity index (χ4n) is 2.77. The van der Waals surface area contributed by atoms with Crippen LogP contribution in [0.15, 0.2) is 24.4 Å². The maximum absolute atomic E-state index is 12.4. The second-order valence-corrected chi connectivity index (χ2v) is 7.24. The molecule has 23 heavy (non-hydrogen) atoms. The third-order valence-electron chi connectivity index (χ3n) is 4.21. The molecule has 0 atom stereocenters. The van der Waals surface area contributed by atoms with Crippen molar-refractivity contribution in [3.05, 3.63) is 39.7 Å². The number of hydrogen-bond donors (Lipinski definition) is 1. The molecule has 1 N–H and O–H groups in total. The molecule has 1 aliphatic heterocycles. The van der Waals surface area contributed by atoms with Crippen LogP contribution in [-0.4, -0.2) is 23.3 Å². The molecule has 1 saturated carbocycles. The van der Waals surface area contributed by atoms with Gasteiger partial charge in [0.15, 0.2) is 0 Å². The molecule has 1 aliphatic carbocycles. The first kappa shape index (κ1) is 14.4. The highest BCUT2D eigenvalue weighted by molar-refractivity contribution is 7.14. The van der Waals surface area contributed by atoms with E-state index in [0.717, 1.165) is 41.9 Å². The van der Waals surface area contributed by atoms with Gasteiger partial charge in [0.1, 0.15) is 5.82 Å². The number of nitrogens with zero attached hydrogens (tertiary/aromatic N) is 2. The van der Waals surface area contributed by atoms with Gasteiger partial charge in [-0.15, -0.1) is 11.3 Å². The van der Waals surface area contributed by atoms with Gasteiger partial charge in [0, 0.05) is 30.0 Å². The summed E-state index contributed by atoms with van der Waals surface area (Å²) in [6.07, 6.45) is 4.57. The van der Waals surface area contributed by atoms with Crippen LogP contribution < -0.4 is 10.2 Å². The van der Waals surface area contributed by atoms with Gasteiger partial charge in [-0.1, -0.05) is 6.07 Å². The number of anilines is 2. The van der Waals surface area contributed by atoms with E-state index >= 15 is 0 Å². The normalized spacial score (nSPS) is 16.3. The van der Waals surface area contributed by atoms with Crippen LogP contribution in [0.3, 0.4) is 0 Å². The van der Waals surface area contributed by atoms with Gasteiger partial charge < -0.3 is 10.2 Å². The fourth-order valence-corrected chi connectivity index (χ4v) is 3.82. The van der Waals surface area contributed by atoms with Crippen LogP contribution in [-0.2, 0) is 11.2 Å². The quantitative estimate of drug-likeness (QED) is 0.942. The molecule has 2 aromatic rings. The number of carbonyl (C=O) groups is 2. The molecule has 4 rings (SSSR count). The number of thiophene rings is 1. The molecule has 0 radical (unpaired) electrons. The maximum atomic E-state index is 12.4. The molecule has 0 saturated heterocycles. The Bertz CT molecular complexity index is 778. The standard InChI is InChI=1S/C17H17N3O2S/c1-10-2-5-15(18-9-10)19-16(21)14-8-12-13(23-14)6-7-20(12)17(22)11-3-4-11/h2,5,8-9,11H,3-4,6-7H2,1H3,(H,18,19,21). The molecule has 0 unspecified atom stereocenters. The van der Waals surface area contributed by atoms with Gasteiger partial charge in [0.25, 0.3) is 5.91 Å². The molecule has 118 valence electrons. The van der Waals surface area contributed by atoms with Gasteiger partial charge in [-0.05, 0) is 37.5 Å². The SMILES string of the molecule is Cc1ccc(NC(=O)c2cc3c(s2)CCN3C(=O)C2CC2)nc1. The van der Waals surface area contributed by atoms with Crippen LogP contribution in [0.2, 0.25) is 0 Å². The molecular weight excluding hydrogens is 310 g/mol. The number of pyridine rings is 1. The van der Waals surface area contributed by atoms with E-state index in [9.17, 15) is 9.59 Å². The predicted molar refractivity (Wildman–Crippen MR) is 90.0 cm³/mol. The minimum absolute atomic E-state index is 0.167. The number of amides is 2. The van der Waals surface area contributed by atoms with Crippen LogP contribution in [0.4, 0.5) is 11.5 Å². The summed E-state index contributed by atoms with van der Waals surface area (Å²) in [6.45, 7) is 2.70. The Morgan fingerprint density at radius 3 is 2.87 bits per heavy atom. The second-order valence-electron chi connectivity index (χ2n) is 6.11. The molecule has 2 aliphatic rings. The smallest absolute Gasteiger partial charge is 0.266 e. The first-order valence-corrected chi connectivity index (χ1v) is 8.61. The molecule has 3 heterocycles. The third kappa shape index (κ3) is 2.74. The van der Waals surface area contributed by atoms with Crippen LogP contribution in [0.1, 0.15) is 33.0 Å². The molecule has 0 bridgehead atoms. The molecule has 0 aromatic carbocycles. The van der Waals surface area contributed by atoms with E-state index in [0.29, 0.717) is 10.7 Å². The molecule has 1 fully saturated rings. The van der Waals surface area contributed by atoms with E-state index in [1.807, 2.05) is 24.0 Å². The monoisotopic (exact) mass is 327 g/mol. The van der Waals surface area contributed by atoms with Crippen molar-refractivity contribution >= 4 is 34.7 Å². The van der Waals surface area contributed by atoms with Gasteiger partial charge in [0.05, 0.1) is 10.6 Å². The number of carbonyl (C=O) groups excluding carboxylic acids is 2. The average molecular weight is 327 g/mol. The Hall–Kier alpha value is -2.21. The fraction of sp³-hybridized carbons (Fsp3) is 0.353. The lowest BCUT2D eigenvalue weighted by Gasteiger charge is -2.15. The summed E-state index contributed by atoms with van der Waals surface area (Å²) in [5.41, 5.74) is 1.97. The van der Waals surface area contributed by atoms with E-state index in [1.54, 1.807) is 12.3 Å². The lowest BCUT2D eigenvalue weighted by molar-refractivity contribution is -0.119. The zero-order chi connectivity index (χ0) is 16.0. The van der Waals surface area contributed by atoms with Gasteiger partial charge in [-0.2, -0.15) is 0 Å². The second kappa shape index (κ2) is 5.45. The molecule has 6 heteroatoms. The summed E-state index contributed by atoms with van der Waals surface area (Å²) in [7, 11) is 0. The van der Waals surface area contributed by atoms with Crippen molar-refractivity contribution in [2.24, 2.45) is 5.92 Å². The molecule has 0 spiro atoms. The zero-order valence-corrected chi connectivity index (χ0v) is 13.7. The minimum atomic E-state index is -0.167. The largest absolute Gasteiger partial charge is 0.311 e. The summed E-state index contributed by atoms with van der Waals surface area (Å²) in [5.74, 6) is 0.795. The molecule has 2 aromatic heterocycles. The van der Waals surface area contributed by atoms with Gasteiger partial charge >= 0.3 is 0 Å². The van der Waals surface area contributed by atoms with E-state index in [4.69, 9.17) is 0 Å². The van der Waals surface area contributed by atoms with E-state index < -0.39 is 0 Å². The van der Waals surface area contributed by atoms with Crippen molar-refractivity contribution in [2.45, 2.75) is 26.2 Å². The number of aryl methyl sites for hydroxylation is 1. The zero-order valence-electron chi connectivity index (χ0n) is 12.8. The first-order valence-electron chi connectivity index (χ1n) is 7.80. The lowest BCUT2D eigenvalue weighted by Crippen LogP contribution is -2.30.